The van der Waals surface area contributed by atoms with E-state index in [-0.39, 0.29) is 18.0 Å². The largest absolute Gasteiger partial charge is 0.378 e. The summed E-state index contributed by atoms with van der Waals surface area (Å²) < 4.78 is 5.10. The first-order chi connectivity index (χ1) is 9.15. The summed E-state index contributed by atoms with van der Waals surface area (Å²) in [5.74, 6) is -0.273. The third-order valence-corrected chi connectivity index (χ3v) is 2.37. The van der Waals surface area contributed by atoms with Gasteiger partial charge in [0.2, 0.25) is 5.91 Å². The van der Waals surface area contributed by atoms with Gasteiger partial charge in [-0.3, -0.25) is 14.9 Å². The molecule has 0 fully saturated rings. The van der Waals surface area contributed by atoms with E-state index in [1.807, 2.05) is 0 Å². The topological polar surface area (TPSA) is 107 Å². The molecule has 3 N–H and O–H groups in total. The minimum atomic E-state index is -0.493. The molecular weight excluding hydrogens is 250 g/mol. The van der Waals surface area contributed by atoms with Crippen LogP contribution in [0.3, 0.4) is 0 Å². The second-order valence-electron chi connectivity index (χ2n) is 3.81. The average molecular weight is 267 g/mol. The highest BCUT2D eigenvalue weighted by Gasteiger charge is 2.14. The van der Waals surface area contributed by atoms with E-state index >= 15 is 0 Å². The first-order valence-electron chi connectivity index (χ1n) is 5.92. The maximum absolute atomic E-state index is 11.6. The van der Waals surface area contributed by atoms with Gasteiger partial charge in [0.25, 0.3) is 5.69 Å². The van der Waals surface area contributed by atoms with E-state index in [0.717, 1.165) is 0 Å². The molecule has 7 nitrogen and oxygen atoms in total. The fraction of sp³-hybridized carbons (Fsp3) is 0.417. The lowest BCUT2D eigenvalue weighted by Gasteiger charge is -2.06. The van der Waals surface area contributed by atoms with Gasteiger partial charge in [0.15, 0.2) is 0 Å². The molecule has 1 aromatic carbocycles. The first-order valence-corrected chi connectivity index (χ1v) is 5.92. The molecule has 1 rings (SSSR count). The van der Waals surface area contributed by atoms with Crippen molar-refractivity contribution >= 4 is 11.6 Å². The number of rotatable bonds is 8. The highest BCUT2D eigenvalue weighted by atomic mass is 16.6. The summed E-state index contributed by atoms with van der Waals surface area (Å²) in [6, 6.07) is 6.19. The lowest BCUT2D eigenvalue weighted by molar-refractivity contribution is -0.385. The number of nitrogens with one attached hydrogen (secondary N) is 1. The van der Waals surface area contributed by atoms with Crippen molar-refractivity contribution in [3.63, 3.8) is 0 Å². The number of ether oxygens (including phenoxy) is 1. The number of carbonyl (C=O) groups is 1. The first kappa shape index (κ1) is 15.1. The number of hydrogen-bond acceptors (Lipinski definition) is 5. The van der Waals surface area contributed by atoms with Crippen molar-refractivity contribution in [2.24, 2.45) is 5.73 Å². The summed E-state index contributed by atoms with van der Waals surface area (Å²) in [4.78, 5) is 21.9. The fourth-order valence-corrected chi connectivity index (χ4v) is 1.52. The molecule has 0 heterocycles. The zero-order valence-corrected chi connectivity index (χ0v) is 10.5. The number of nitro benzene ring substituents is 1. The van der Waals surface area contributed by atoms with Crippen LogP contribution in [0, 0.1) is 10.1 Å². The van der Waals surface area contributed by atoms with Crippen molar-refractivity contribution in [2.45, 2.75) is 6.42 Å². The molecule has 0 aromatic heterocycles. The quantitative estimate of drug-likeness (QED) is 0.398. The van der Waals surface area contributed by atoms with Gasteiger partial charge in [0.05, 0.1) is 24.6 Å². The van der Waals surface area contributed by atoms with Gasteiger partial charge in [-0.1, -0.05) is 18.2 Å². The SMILES string of the molecule is NCCOCCNC(=O)Cc1ccccc1[N+](=O)[O-]. The highest BCUT2D eigenvalue weighted by molar-refractivity contribution is 5.79. The summed E-state index contributed by atoms with van der Waals surface area (Å²) in [6.45, 7) is 1.61. The predicted molar refractivity (Wildman–Crippen MR) is 69.7 cm³/mol. The van der Waals surface area contributed by atoms with E-state index in [0.29, 0.717) is 31.9 Å². The van der Waals surface area contributed by atoms with E-state index < -0.39 is 4.92 Å². The van der Waals surface area contributed by atoms with Crippen LogP contribution in [0.5, 0.6) is 0 Å². The van der Waals surface area contributed by atoms with Gasteiger partial charge in [-0.25, -0.2) is 0 Å². The normalized spacial score (nSPS) is 10.2. The molecule has 7 heteroatoms. The number of nitrogens with zero attached hydrogens (tertiary/aromatic N) is 1. The molecular formula is C12H17N3O4. The van der Waals surface area contributed by atoms with E-state index in [2.05, 4.69) is 5.32 Å². The summed E-state index contributed by atoms with van der Waals surface area (Å²) >= 11 is 0. The Hall–Kier alpha value is -1.99. The molecule has 19 heavy (non-hydrogen) atoms. The molecule has 1 amide bonds. The van der Waals surface area contributed by atoms with Crippen molar-refractivity contribution in [3.05, 3.63) is 39.9 Å². The smallest absolute Gasteiger partial charge is 0.273 e. The molecule has 104 valence electrons. The third kappa shape index (κ3) is 5.45. The zero-order chi connectivity index (χ0) is 14.1. The van der Waals surface area contributed by atoms with Gasteiger partial charge in [0, 0.05) is 24.7 Å². The van der Waals surface area contributed by atoms with Crippen LogP contribution < -0.4 is 11.1 Å². The minimum absolute atomic E-state index is 0.0198. The molecule has 1 aromatic rings. The van der Waals surface area contributed by atoms with E-state index in [9.17, 15) is 14.9 Å². The average Bonchev–Trinajstić information content (AvgIpc) is 2.39. The van der Waals surface area contributed by atoms with Crippen LogP contribution in [0.1, 0.15) is 5.56 Å². The molecule has 0 saturated carbocycles. The summed E-state index contributed by atoms with van der Waals surface area (Å²) in [7, 11) is 0. The molecule has 0 radical (unpaired) electrons. The van der Waals surface area contributed by atoms with Crippen LogP contribution in [-0.2, 0) is 16.0 Å². The number of benzene rings is 1. The number of nitrogens with two attached hydrogens (primary N) is 1. The lowest BCUT2D eigenvalue weighted by Crippen LogP contribution is -2.29. The Bertz CT molecular complexity index is 437. The molecule has 0 aliphatic carbocycles. The van der Waals surface area contributed by atoms with E-state index in [1.54, 1.807) is 18.2 Å². The predicted octanol–water partition coefficient (Wildman–Crippen LogP) is 0.229. The monoisotopic (exact) mass is 267 g/mol. The van der Waals surface area contributed by atoms with Gasteiger partial charge >= 0.3 is 0 Å². The maximum Gasteiger partial charge on any atom is 0.273 e. The van der Waals surface area contributed by atoms with Crippen LogP contribution >= 0.6 is 0 Å². The molecule has 0 saturated heterocycles. The van der Waals surface area contributed by atoms with Crippen LogP contribution in [0.2, 0.25) is 0 Å². The van der Waals surface area contributed by atoms with Crippen LogP contribution in [0.4, 0.5) is 5.69 Å². The fourth-order valence-electron chi connectivity index (χ4n) is 1.52. The number of amides is 1. The summed E-state index contributed by atoms with van der Waals surface area (Å²) in [5, 5.41) is 13.4. The van der Waals surface area contributed by atoms with Crippen molar-refractivity contribution in [2.75, 3.05) is 26.3 Å². The number of nitro groups is 1. The molecule has 0 spiro atoms. The van der Waals surface area contributed by atoms with Gasteiger partial charge in [0.1, 0.15) is 0 Å². The Morgan fingerprint density at radius 1 is 1.37 bits per heavy atom. The Kier molecular flexibility index (Phi) is 6.48. The molecule has 0 bridgehead atoms. The lowest BCUT2D eigenvalue weighted by atomic mass is 10.1. The number of para-hydroxylation sites is 1. The Morgan fingerprint density at radius 3 is 2.79 bits per heavy atom. The maximum atomic E-state index is 11.6. The Labute approximate surface area is 110 Å². The minimum Gasteiger partial charge on any atom is -0.378 e. The molecule has 0 aliphatic rings. The third-order valence-electron chi connectivity index (χ3n) is 2.37. The van der Waals surface area contributed by atoms with Crippen molar-refractivity contribution < 1.29 is 14.5 Å². The van der Waals surface area contributed by atoms with Crippen molar-refractivity contribution in [1.82, 2.24) is 5.32 Å². The number of hydrogen-bond donors (Lipinski definition) is 2. The second-order valence-corrected chi connectivity index (χ2v) is 3.81. The Morgan fingerprint density at radius 2 is 2.11 bits per heavy atom. The van der Waals surface area contributed by atoms with Crippen molar-refractivity contribution in [1.29, 1.82) is 0 Å². The van der Waals surface area contributed by atoms with Crippen LogP contribution in [-0.4, -0.2) is 37.1 Å². The molecule has 0 atom stereocenters. The van der Waals surface area contributed by atoms with Gasteiger partial charge in [-0.05, 0) is 0 Å². The van der Waals surface area contributed by atoms with Gasteiger partial charge in [-0.2, -0.15) is 0 Å². The summed E-state index contributed by atoms with van der Waals surface area (Å²) in [5.41, 5.74) is 5.59. The van der Waals surface area contributed by atoms with Gasteiger partial charge < -0.3 is 15.8 Å². The number of carbonyl (C=O) groups excluding carboxylic acids is 1. The molecule has 0 unspecified atom stereocenters. The van der Waals surface area contributed by atoms with Gasteiger partial charge in [-0.15, -0.1) is 0 Å². The van der Waals surface area contributed by atoms with E-state index in [4.69, 9.17) is 10.5 Å². The zero-order valence-electron chi connectivity index (χ0n) is 10.5. The summed E-state index contributed by atoms with van der Waals surface area (Å²) in [6.07, 6.45) is -0.0198. The Balaban J connectivity index is 2.42. The van der Waals surface area contributed by atoms with Crippen LogP contribution in [0.15, 0.2) is 24.3 Å². The molecule has 0 aliphatic heterocycles. The van der Waals surface area contributed by atoms with E-state index in [1.165, 1.54) is 6.07 Å². The second kappa shape index (κ2) is 8.17. The highest BCUT2D eigenvalue weighted by Crippen LogP contribution is 2.17. The standard InChI is InChI=1S/C12H17N3O4/c13-5-7-19-8-6-14-12(16)9-10-3-1-2-4-11(10)15(17)18/h1-4H,5-9,13H2,(H,14,16). The van der Waals surface area contributed by atoms with Crippen LogP contribution in [0.25, 0.3) is 0 Å². The van der Waals surface area contributed by atoms with Crippen molar-refractivity contribution in [3.8, 4) is 0 Å².